The highest BCUT2D eigenvalue weighted by Crippen LogP contribution is 2.49. The zero-order valence-corrected chi connectivity index (χ0v) is 8.27. The third-order valence-electron chi connectivity index (χ3n) is 2.42. The van der Waals surface area contributed by atoms with Crippen molar-refractivity contribution < 1.29 is 10.2 Å². The number of phenolic OH excluding ortho intramolecular Hbond substituents is 1. The Labute approximate surface area is 81.6 Å². The van der Waals surface area contributed by atoms with Crippen LogP contribution in [-0.2, 0) is 5.60 Å². The largest absolute Gasteiger partial charge is 0.507 e. The lowest BCUT2D eigenvalue weighted by molar-refractivity contribution is 0.148. The summed E-state index contributed by atoms with van der Waals surface area (Å²) in [5.41, 5.74) is 0.219. The van der Waals surface area contributed by atoms with Crippen molar-refractivity contribution in [1.29, 1.82) is 0 Å². The van der Waals surface area contributed by atoms with Gasteiger partial charge in [0.25, 0.3) is 0 Å². The fourth-order valence-electron chi connectivity index (χ4n) is 1.49. The van der Waals surface area contributed by atoms with Crippen molar-refractivity contribution in [2.24, 2.45) is 0 Å². The fourth-order valence-corrected chi connectivity index (χ4v) is 2.25. The lowest BCUT2D eigenvalue weighted by atomic mass is 10.1. The molecule has 1 aromatic carbocycles. The average molecular weight is 196 g/mol. The van der Waals surface area contributed by atoms with Gasteiger partial charge in [0, 0.05) is 5.56 Å². The number of thioether (sulfide) groups is 1. The molecule has 0 atom stereocenters. The second-order valence-electron chi connectivity index (χ2n) is 3.39. The molecular weight excluding hydrogens is 184 g/mol. The van der Waals surface area contributed by atoms with Crippen LogP contribution < -0.4 is 0 Å². The molecule has 70 valence electrons. The molecule has 1 fully saturated rings. The summed E-state index contributed by atoms with van der Waals surface area (Å²) in [5.74, 6) is 0.269. The van der Waals surface area contributed by atoms with Gasteiger partial charge in [0.2, 0.25) is 0 Å². The van der Waals surface area contributed by atoms with Crippen LogP contribution in [0.1, 0.15) is 18.4 Å². The molecule has 2 nitrogen and oxygen atoms in total. The Hall–Kier alpha value is -0.670. The van der Waals surface area contributed by atoms with Gasteiger partial charge in [0.1, 0.15) is 5.75 Å². The monoisotopic (exact) mass is 196 g/mol. The first kappa shape index (κ1) is 8.91. The van der Waals surface area contributed by atoms with Gasteiger partial charge in [-0.25, -0.2) is 0 Å². The number of phenols is 1. The van der Waals surface area contributed by atoms with Gasteiger partial charge in [0.15, 0.2) is 0 Å². The molecule has 2 N–H and O–H groups in total. The van der Waals surface area contributed by atoms with Crippen molar-refractivity contribution in [3.63, 3.8) is 0 Å². The van der Waals surface area contributed by atoms with Crippen molar-refractivity contribution in [2.45, 2.75) is 23.3 Å². The Morgan fingerprint density at radius 1 is 1.38 bits per heavy atom. The number of hydrogen-bond acceptors (Lipinski definition) is 3. The number of aromatic hydroxyl groups is 1. The Kier molecular flexibility index (Phi) is 2.00. The summed E-state index contributed by atoms with van der Waals surface area (Å²) >= 11 is 1.48. The van der Waals surface area contributed by atoms with Crippen LogP contribution in [0.25, 0.3) is 0 Å². The van der Waals surface area contributed by atoms with Crippen LogP contribution in [0.4, 0.5) is 0 Å². The van der Waals surface area contributed by atoms with E-state index >= 15 is 0 Å². The van der Waals surface area contributed by atoms with Crippen molar-refractivity contribution in [2.75, 3.05) is 6.26 Å². The summed E-state index contributed by atoms with van der Waals surface area (Å²) < 4.78 is 0. The molecule has 2 rings (SSSR count). The average Bonchev–Trinajstić information content (AvgIpc) is 2.85. The highest BCUT2D eigenvalue weighted by atomic mass is 32.2. The van der Waals surface area contributed by atoms with Crippen LogP contribution in [0.15, 0.2) is 23.1 Å². The molecule has 1 saturated carbocycles. The standard InChI is InChI=1S/C10H12O2S/c1-13-9-7(10(12)5-6-10)3-2-4-8(9)11/h2-4,11-12H,5-6H2,1H3. The summed E-state index contributed by atoms with van der Waals surface area (Å²) in [4.78, 5) is 0.808. The number of rotatable bonds is 2. The smallest absolute Gasteiger partial charge is 0.129 e. The van der Waals surface area contributed by atoms with Gasteiger partial charge in [-0.2, -0.15) is 0 Å². The number of hydrogen-bond donors (Lipinski definition) is 2. The molecule has 0 radical (unpaired) electrons. The van der Waals surface area contributed by atoms with Crippen LogP contribution in [0, 0.1) is 0 Å². The minimum atomic E-state index is -0.656. The van der Waals surface area contributed by atoms with E-state index in [0.717, 1.165) is 23.3 Å². The van der Waals surface area contributed by atoms with Crippen molar-refractivity contribution >= 4 is 11.8 Å². The first-order chi connectivity index (χ1) is 6.17. The predicted molar refractivity (Wildman–Crippen MR) is 53.0 cm³/mol. The normalized spacial score (nSPS) is 18.6. The molecule has 0 spiro atoms. The number of aliphatic hydroxyl groups is 1. The minimum absolute atomic E-state index is 0.269. The number of benzene rings is 1. The van der Waals surface area contributed by atoms with Crippen LogP contribution in [0.2, 0.25) is 0 Å². The topological polar surface area (TPSA) is 40.5 Å². The molecule has 13 heavy (non-hydrogen) atoms. The summed E-state index contributed by atoms with van der Waals surface area (Å²) in [6.45, 7) is 0. The summed E-state index contributed by atoms with van der Waals surface area (Å²) in [7, 11) is 0. The molecule has 1 aliphatic rings. The van der Waals surface area contributed by atoms with E-state index in [1.807, 2.05) is 12.3 Å². The lowest BCUT2D eigenvalue weighted by Crippen LogP contribution is -2.05. The van der Waals surface area contributed by atoms with Crippen molar-refractivity contribution in [1.82, 2.24) is 0 Å². The maximum atomic E-state index is 9.91. The van der Waals surface area contributed by atoms with E-state index < -0.39 is 5.60 Å². The van der Waals surface area contributed by atoms with Crippen LogP contribution in [0.3, 0.4) is 0 Å². The van der Waals surface area contributed by atoms with E-state index in [4.69, 9.17) is 0 Å². The van der Waals surface area contributed by atoms with Gasteiger partial charge in [-0.05, 0) is 25.2 Å². The fraction of sp³-hybridized carbons (Fsp3) is 0.400. The first-order valence-electron chi connectivity index (χ1n) is 4.26. The molecule has 1 aliphatic carbocycles. The quantitative estimate of drug-likeness (QED) is 0.712. The Bertz CT molecular complexity index is 332. The maximum Gasteiger partial charge on any atom is 0.129 e. The van der Waals surface area contributed by atoms with Gasteiger partial charge in [-0.3, -0.25) is 0 Å². The van der Waals surface area contributed by atoms with Crippen LogP contribution in [0.5, 0.6) is 5.75 Å². The first-order valence-corrected chi connectivity index (χ1v) is 5.49. The molecule has 1 aromatic rings. The van der Waals surface area contributed by atoms with Gasteiger partial charge in [-0.1, -0.05) is 12.1 Å². The third-order valence-corrected chi connectivity index (χ3v) is 3.26. The molecule has 0 saturated heterocycles. The highest BCUT2D eigenvalue weighted by Gasteiger charge is 2.43. The maximum absolute atomic E-state index is 9.91. The van der Waals surface area contributed by atoms with Crippen molar-refractivity contribution in [3.05, 3.63) is 23.8 Å². The minimum Gasteiger partial charge on any atom is -0.507 e. The summed E-state index contributed by atoms with van der Waals surface area (Å²) in [6, 6.07) is 5.32. The molecule has 0 aromatic heterocycles. The van der Waals surface area contributed by atoms with E-state index in [2.05, 4.69) is 0 Å². The molecule has 0 amide bonds. The Morgan fingerprint density at radius 3 is 2.62 bits per heavy atom. The Balaban J connectivity index is 2.50. The zero-order chi connectivity index (χ0) is 9.47. The molecule has 3 heteroatoms. The van der Waals surface area contributed by atoms with E-state index in [1.54, 1.807) is 12.1 Å². The second kappa shape index (κ2) is 2.93. The van der Waals surface area contributed by atoms with Crippen molar-refractivity contribution in [3.8, 4) is 5.75 Å². The van der Waals surface area contributed by atoms with Gasteiger partial charge in [-0.15, -0.1) is 11.8 Å². The highest BCUT2D eigenvalue weighted by molar-refractivity contribution is 7.98. The molecule has 0 aliphatic heterocycles. The van der Waals surface area contributed by atoms with E-state index in [0.29, 0.717) is 0 Å². The van der Waals surface area contributed by atoms with Gasteiger partial charge in [0.05, 0.1) is 10.5 Å². The molecule has 0 heterocycles. The Morgan fingerprint density at radius 2 is 2.08 bits per heavy atom. The third kappa shape index (κ3) is 1.42. The SMILES string of the molecule is CSc1c(O)cccc1C1(O)CC1. The van der Waals surface area contributed by atoms with Gasteiger partial charge < -0.3 is 10.2 Å². The van der Waals surface area contributed by atoms with E-state index in [9.17, 15) is 10.2 Å². The lowest BCUT2D eigenvalue weighted by Gasteiger charge is -2.13. The zero-order valence-electron chi connectivity index (χ0n) is 7.45. The van der Waals surface area contributed by atoms with Crippen LogP contribution >= 0.6 is 11.8 Å². The molecular formula is C10H12O2S. The van der Waals surface area contributed by atoms with E-state index in [1.165, 1.54) is 11.8 Å². The summed E-state index contributed by atoms with van der Waals surface area (Å²) in [5, 5.41) is 19.5. The predicted octanol–water partition coefficient (Wildman–Crippen LogP) is 2.10. The molecule has 0 unspecified atom stereocenters. The van der Waals surface area contributed by atoms with Gasteiger partial charge >= 0.3 is 0 Å². The van der Waals surface area contributed by atoms with Crippen LogP contribution in [-0.4, -0.2) is 16.5 Å². The second-order valence-corrected chi connectivity index (χ2v) is 4.21. The summed E-state index contributed by atoms with van der Waals surface area (Å²) in [6.07, 6.45) is 3.53. The molecule has 0 bridgehead atoms. The van der Waals surface area contributed by atoms with E-state index in [-0.39, 0.29) is 5.75 Å².